The van der Waals surface area contributed by atoms with E-state index < -0.39 is 74.6 Å². The molecule has 10 atom stereocenters. The molecule has 23 heavy (non-hydrogen) atoms. The smallest absolute Gasteiger partial charge is 0.189 e. The summed E-state index contributed by atoms with van der Waals surface area (Å²) in [6, 6.07) is -1.22. The van der Waals surface area contributed by atoms with E-state index in [0.29, 0.717) is 0 Å². The standard InChI is InChI=1S/C12H23NO10/c13-5-8(18)6(16)3(1-14)21-11(5)23-12-10(20)9(19)7(17)4(2-15)22-12/h3-12,14-20H,1-2,13H2/t3-,4-,5+,6-,7-,8-,9+,10+,11?,12?/m1/s1. The first-order valence-electron chi connectivity index (χ1n) is 7.15. The zero-order valence-electron chi connectivity index (χ0n) is 12.1. The molecule has 2 saturated heterocycles. The summed E-state index contributed by atoms with van der Waals surface area (Å²) in [4.78, 5) is 0. The summed E-state index contributed by atoms with van der Waals surface area (Å²) < 4.78 is 15.6. The van der Waals surface area contributed by atoms with Crippen molar-refractivity contribution < 1.29 is 50.0 Å². The Morgan fingerprint density at radius 3 is 1.70 bits per heavy atom. The molecule has 136 valence electrons. The van der Waals surface area contributed by atoms with Crippen LogP contribution in [0.5, 0.6) is 0 Å². The van der Waals surface area contributed by atoms with E-state index in [2.05, 4.69) is 0 Å². The van der Waals surface area contributed by atoms with Crippen molar-refractivity contribution >= 4 is 0 Å². The number of aliphatic hydroxyl groups excluding tert-OH is 7. The predicted molar refractivity (Wildman–Crippen MR) is 70.6 cm³/mol. The Hall–Kier alpha value is -0.440. The fourth-order valence-corrected chi connectivity index (χ4v) is 2.54. The van der Waals surface area contributed by atoms with Gasteiger partial charge in [-0.15, -0.1) is 0 Å². The summed E-state index contributed by atoms with van der Waals surface area (Å²) in [6.07, 6.45) is -13.0. The van der Waals surface area contributed by atoms with Gasteiger partial charge >= 0.3 is 0 Å². The van der Waals surface area contributed by atoms with Crippen molar-refractivity contribution in [3.63, 3.8) is 0 Å². The van der Waals surface area contributed by atoms with Gasteiger partial charge in [-0.05, 0) is 0 Å². The Balaban J connectivity index is 2.07. The van der Waals surface area contributed by atoms with E-state index in [-0.39, 0.29) is 0 Å². The van der Waals surface area contributed by atoms with Crippen molar-refractivity contribution in [2.75, 3.05) is 13.2 Å². The van der Waals surface area contributed by atoms with Crippen LogP contribution in [-0.4, -0.2) is 110 Å². The molecule has 0 saturated carbocycles. The lowest BCUT2D eigenvalue weighted by Crippen LogP contribution is -2.65. The summed E-state index contributed by atoms with van der Waals surface area (Å²) in [5, 5.41) is 67.0. The van der Waals surface area contributed by atoms with Crippen LogP contribution in [0.25, 0.3) is 0 Å². The summed E-state index contributed by atoms with van der Waals surface area (Å²) in [5.41, 5.74) is 5.68. The fourth-order valence-electron chi connectivity index (χ4n) is 2.54. The third-order valence-corrected chi connectivity index (χ3v) is 4.05. The van der Waals surface area contributed by atoms with Crippen LogP contribution in [0.3, 0.4) is 0 Å². The highest BCUT2D eigenvalue weighted by atomic mass is 16.8. The van der Waals surface area contributed by atoms with E-state index in [1.54, 1.807) is 0 Å². The number of hydrogen-bond acceptors (Lipinski definition) is 11. The normalized spacial score (nSPS) is 51.7. The zero-order chi connectivity index (χ0) is 17.3. The van der Waals surface area contributed by atoms with Crippen LogP contribution < -0.4 is 5.73 Å². The van der Waals surface area contributed by atoms with Crippen LogP contribution in [0.2, 0.25) is 0 Å². The highest BCUT2D eigenvalue weighted by Crippen LogP contribution is 2.27. The average molecular weight is 341 g/mol. The van der Waals surface area contributed by atoms with Gasteiger partial charge in [-0.25, -0.2) is 0 Å². The second-order valence-corrected chi connectivity index (χ2v) is 5.62. The molecular weight excluding hydrogens is 318 g/mol. The topological polar surface area (TPSA) is 195 Å². The summed E-state index contributed by atoms with van der Waals surface area (Å²) in [6.45, 7) is -1.25. The van der Waals surface area contributed by atoms with Gasteiger partial charge in [0.15, 0.2) is 12.6 Å². The molecule has 2 aliphatic heterocycles. The molecule has 0 radical (unpaired) electrons. The highest BCUT2D eigenvalue weighted by Gasteiger charge is 2.48. The molecular formula is C12H23NO10. The molecule has 2 aliphatic rings. The molecule has 0 amide bonds. The Labute approximate surface area is 131 Å². The quantitative estimate of drug-likeness (QED) is 0.243. The SMILES string of the molecule is N[C@@H]1C(OC2O[C@H](CO)[C@@H](O)[C@H](O)[C@@H]2O)O[C@H](CO)[C@@H](O)[C@@H]1O. The molecule has 0 aromatic rings. The number of nitrogens with two attached hydrogens (primary N) is 1. The minimum absolute atomic E-state index is 0.612. The molecule has 11 nitrogen and oxygen atoms in total. The molecule has 9 N–H and O–H groups in total. The van der Waals surface area contributed by atoms with Crippen molar-refractivity contribution in [1.82, 2.24) is 0 Å². The van der Waals surface area contributed by atoms with Crippen molar-refractivity contribution in [1.29, 1.82) is 0 Å². The fraction of sp³-hybridized carbons (Fsp3) is 1.00. The van der Waals surface area contributed by atoms with Gasteiger partial charge in [-0.3, -0.25) is 0 Å². The van der Waals surface area contributed by atoms with Crippen molar-refractivity contribution in [2.45, 2.75) is 61.3 Å². The van der Waals surface area contributed by atoms with Gasteiger partial charge in [0.1, 0.15) is 42.7 Å². The monoisotopic (exact) mass is 341 g/mol. The van der Waals surface area contributed by atoms with Crippen molar-refractivity contribution in [2.24, 2.45) is 5.73 Å². The molecule has 0 spiro atoms. The Kier molecular flexibility index (Phi) is 6.27. The molecule has 2 rings (SSSR count). The molecule has 0 aromatic carbocycles. The first kappa shape index (κ1) is 18.9. The minimum atomic E-state index is -1.67. The van der Waals surface area contributed by atoms with E-state index in [9.17, 15) is 25.5 Å². The number of ether oxygens (including phenoxy) is 3. The van der Waals surface area contributed by atoms with Gasteiger partial charge in [0.2, 0.25) is 0 Å². The molecule has 0 bridgehead atoms. The average Bonchev–Trinajstić information content (AvgIpc) is 2.55. The van der Waals surface area contributed by atoms with Gasteiger partial charge in [0, 0.05) is 0 Å². The maximum Gasteiger partial charge on any atom is 0.189 e. The molecule has 0 aliphatic carbocycles. The Morgan fingerprint density at radius 2 is 1.17 bits per heavy atom. The van der Waals surface area contributed by atoms with E-state index >= 15 is 0 Å². The van der Waals surface area contributed by atoms with Crippen molar-refractivity contribution in [3.8, 4) is 0 Å². The molecule has 2 unspecified atom stereocenters. The van der Waals surface area contributed by atoms with Crippen LogP contribution in [0.15, 0.2) is 0 Å². The molecule has 0 aromatic heterocycles. The minimum Gasteiger partial charge on any atom is -0.394 e. The molecule has 2 fully saturated rings. The Morgan fingerprint density at radius 1 is 0.696 bits per heavy atom. The lowest BCUT2D eigenvalue weighted by molar-refractivity contribution is -0.361. The van der Waals surface area contributed by atoms with E-state index in [4.69, 9.17) is 30.2 Å². The largest absolute Gasteiger partial charge is 0.394 e. The Bertz CT molecular complexity index is 349. The number of hydrogen-bond donors (Lipinski definition) is 8. The second kappa shape index (κ2) is 7.63. The van der Waals surface area contributed by atoms with Crippen molar-refractivity contribution in [3.05, 3.63) is 0 Å². The number of aliphatic hydroxyl groups is 7. The first-order chi connectivity index (χ1) is 10.8. The maximum absolute atomic E-state index is 9.88. The lowest BCUT2D eigenvalue weighted by atomic mass is 9.97. The van der Waals surface area contributed by atoms with Crippen LogP contribution in [0.1, 0.15) is 0 Å². The van der Waals surface area contributed by atoms with Crippen LogP contribution in [0.4, 0.5) is 0 Å². The van der Waals surface area contributed by atoms with E-state index in [0.717, 1.165) is 0 Å². The van der Waals surface area contributed by atoms with Crippen LogP contribution >= 0.6 is 0 Å². The van der Waals surface area contributed by atoms with Gasteiger partial charge in [0.25, 0.3) is 0 Å². The third kappa shape index (κ3) is 3.65. The summed E-state index contributed by atoms with van der Waals surface area (Å²) in [7, 11) is 0. The second-order valence-electron chi connectivity index (χ2n) is 5.62. The maximum atomic E-state index is 9.88. The van der Waals surface area contributed by atoms with Crippen LogP contribution in [-0.2, 0) is 14.2 Å². The highest BCUT2D eigenvalue weighted by molar-refractivity contribution is 4.93. The first-order valence-corrected chi connectivity index (χ1v) is 7.15. The van der Waals surface area contributed by atoms with Gasteiger partial charge in [-0.2, -0.15) is 0 Å². The number of rotatable bonds is 4. The summed E-state index contributed by atoms with van der Waals surface area (Å²) >= 11 is 0. The predicted octanol–water partition coefficient (Wildman–Crippen LogP) is -5.43. The van der Waals surface area contributed by atoms with Gasteiger partial charge in [-0.1, -0.05) is 0 Å². The summed E-state index contributed by atoms with van der Waals surface area (Å²) in [5.74, 6) is 0. The molecule has 2 heterocycles. The van der Waals surface area contributed by atoms with Gasteiger partial charge < -0.3 is 55.7 Å². The van der Waals surface area contributed by atoms with E-state index in [1.807, 2.05) is 0 Å². The van der Waals surface area contributed by atoms with E-state index in [1.165, 1.54) is 0 Å². The van der Waals surface area contributed by atoms with Gasteiger partial charge in [0.05, 0.1) is 19.3 Å². The lowest BCUT2D eigenvalue weighted by Gasteiger charge is -2.45. The molecule has 11 heteroatoms. The third-order valence-electron chi connectivity index (χ3n) is 4.05. The zero-order valence-corrected chi connectivity index (χ0v) is 12.1. The van der Waals surface area contributed by atoms with Crippen LogP contribution in [0, 0.1) is 0 Å².